The van der Waals surface area contributed by atoms with Gasteiger partial charge in [-0.2, -0.15) is 0 Å². The molecular weight excluding hydrogens is 352 g/mol. The third-order valence-electron chi connectivity index (χ3n) is 3.89. The maximum Gasteiger partial charge on any atom is 0.323 e. The van der Waals surface area contributed by atoms with Crippen molar-refractivity contribution in [2.75, 3.05) is 19.0 Å². The van der Waals surface area contributed by atoms with Crippen LogP contribution in [0.25, 0.3) is 26.4 Å². The van der Waals surface area contributed by atoms with Crippen LogP contribution in [-0.2, 0) is 0 Å². The van der Waals surface area contributed by atoms with Crippen molar-refractivity contribution in [2.24, 2.45) is 0 Å². The number of allylic oxidation sites excluding steroid dienone is 1. The maximum atomic E-state index is 11.6. The first-order chi connectivity index (χ1) is 11.3. The molecule has 0 atom stereocenters. The van der Waals surface area contributed by atoms with Crippen molar-refractivity contribution >= 4 is 51.0 Å². The minimum Gasteiger partial charge on any atom is -0.485 e. The second-order valence-corrected chi connectivity index (χ2v) is 8.19. The molecule has 5 rings (SSSR count). The van der Waals surface area contributed by atoms with Crippen molar-refractivity contribution in [1.82, 2.24) is 9.97 Å². The predicted octanol–water partition coefficient (Wildman–Crippen LogP) is 3.90. The van der Waals surface area contributed by atoms with E-state index in [-0.39, 0.29) is 5.69 Å². The molecule has 118 valence electrons. The number of hydrogen-bond acceptors (Lipinski definition) is 6. The van der Waals surface area contributed by atoms with Gasteiger partial charge in [-0.25, -0.2) is 4.79 Å². The van der Waals surface area contributed by atoms with Crippen molar-refractivity contribution in [3.63, 3.8) is 0 Å². The van der Waals surface area contributed by atoms with Crippen LogP contribution in [0.5, 0.6) is 11.5 Å². The van der Waals surface area contributed by atoms with Crippen molar-refractivity contribution in [3.05, 3.63) is 26.1 Å². The molecule has 0 amide bonds. The molecule has 23 heavy (non-hydrogen) atoms. The number of ether oxygens (including phenoxy) is 2. The van der Waals surface area contributed by atoms with Gasteiger partial charge in [0.1, 0.15) is 13.2 Å². The summed E-state index contributed by atoms with van der Waals surface area (Å²) < 4.78 is 11.9. The Kier molecular flexibility index (Phi) is 3.10. The van der Waals surface area contributed by atoms with Gasteiger partial charge in [0.25, 0.3) is 0 Å². The molecule has 2 N–H and O–H groups in total. The minimum atomic E-state index is -0.179. The summed E-state index contributed by atoms with van der Waals surface area (Å²) in [5.74, 6) is 2.80. The monoisotopic (exact) mass is 364 g/mol. The largest absolute Gasteiger partial charge is 0.485 e. The van der Waals surface area contributed by atoms with E-state index in [0.717, 1.165) is 44.5 Å². The van der Waals surface area contributed by atoms with Crippen molar-refractivity contribution in [2.45, 2.75) is 6.42 Å². The van der Waals surface area contributed by atoms with Crippen LogP contribution in [0.3, 0.4) is 0 Å². The van der Waals surface area contributed by atoms with Gasteiger partial charge in [-0.15, -0.1) is 34.4 Å². The third kappa shape index (κ3) is 2.09. The topological polar surface area (TPSA) is 67.1 Å². The quantitative estimate of drug-likeness (QED) is 0.724. The molecule has 2 aliphatic rings. The highest BCUT2D eigenvalue weighted by Crippen LogP contribution is 2.55. The van der Waals surface area contributed by atoms with Gasteiger partial charge in [0, 0.05) is 11.1 Å². The second kappa shape index (κ2) is 5.19. The number of hydrogen-bond donors (Lipinski definition) is 2. The zero-order valence-electron chi connectivity index (χ0n) is 11.9. The minimum absolute atomic E-state index is 0.179. The molecule has 0 spiro atoms. The van der Waals surface area contributed by atoms with Crippen LogP contribution in [0, 0.1) is 0 Å². The number of fused-ring (bicyclic) bond motifs is 2. The first-order valence-electron chi connectivity index (χ1n) is 7.24. The van der Waals surface area contributed by atoms with E-state index in [0.29, 0.717) is 13.2 Å². The second-order valence-electron chi connectivity index (χ2n) is 5.31. The van der Waals surface area contributed by atoms with E-state index >= 15 is 0 Å². The molecule has 8 heteroatoms. The van der Waals surface area contributed by atoms with Gasteiger partial charge in [0.15, 0.2) is 11.5 Å². The number of H-pyrrole nitrogens is 2. The summed E-state index contributed by atoms with van der Waals surface area (Å²) in [6.07, 6.45) is 1.06. The highest BCUT2D eigenvalue weighted by molar-refractivity contribution is 8.02. The van der Waals surface area contributed by atoms with Crippen molar-refractivity contribution in [1.29, 1.82) is 0 Å². The number of thiophene rings is 2. The van der Waals surface area contributed by atoms with Crippen molar-refractivity contribution < 1.29 is 9.47 Å². The first-order valence-corrected chi connectivity index (χ1v) is 9.99. The Morgan fingerprint density at radius 3 is 2.65 bits per heavy atom. The van der Waals surface area contributed by atoms with Crippen LogP contribution in [-0.4, -0.2) is 28.9 Å². The molecule has 5 heterocycles. The van der Waals surface area contributed by atoms with Crippen LogP contribution in [0.4, 0.5) is 0 Å². The smallest absolute Gasteiger partial charge is 0.323 e. The fourth-order valence-electron chi connectivity index (χ4n) is 2.87. The van der Waals surface area contributed by atoms with Gasteiger partial charge >= 0.3 is 5.69 Å². The zero-order valence-corrected chi connectivity index (χ0v) is 14.4. The Morgan fingerprint density at radius 1 is 1.04 bits per heavy atom. The fraction of sp³-hybridized carbons (Fsp3) is 0.267. The van der Waals surface area contributed by atoms with Gasteiger partial charge in [-0.3, -0.25) is 0 Å². The summed E-state index contributed by atoms with van der Waals surface area (Å²) in [5.41, 5.74) is 2.83. The summed E-state index contributed by atoms with van der Waals surface area (Å²) in [6, 6.07) is 0. The molecule has 0 fully saturated rings. The van der Waals surface area contributed by atoms with Crippen LogP contribution in [0.1, 0.15) is 11.3 Å². The van der Waals surface area contributed by atoms with E-state index < -0.39 is 0 Å². The van der Waals surface area contributed by atoms with E-state index in [2.05, 4.69) is 15.4 Å². The van der Waals surface area contributed by atoms with Gasteiger partial charge < -0.3 is 19.4 Å². The average molecular weight is 364 g/mol. The standard InChI is InChI=1S/C15H12N2O3S3/c18-15-16-8-6-22-13(9(8)17-15)14-11-10(19-2-3-20-11)12(23-14)7-1-4-21-5-7/h5-6H,1-4H2,(H2,16,17,18). The van der Waals surface area contributed by atoms with Crippen LogP contribution in [0.15, 0.2) is 15.6 Å². The molecule has 0 aromatic carbocycles. The lowest BCUT2D eigenvalue weighted by Crippen LogP contribution is -2.15. The van der Waals surface area contributed by atoms with Crippen LogP contribution < -0.4 is 15.2 Å². The average Bonchev–Trinajstić information content (AvgIpc) is 3.28. The lowest BCUT2D eigenvalue weighted by molar-refractivity contribution is 0.174. The van der Waals surface area contributed by atoms with Gasteiger partial charge in [-0.05, 0) is 17.4 Å². The number of aromatic amines is 2. The SMILES string of the molecule is O=c1[nH]c2csc(-c3sc(C4=CSCC4)c4c3OCCO4)c2[nH]1. The van der Waals surface area contributed by atoms with Gasteiger partial charge in [0.2, 0.25) is 0 Å². The van der Waals surface area contributed by atoms with Gasteiger partial charge in [0.05, 0.1) is 25.7 Å². The summed E-state index contributed by atoms with van der Waals surface area (Å²) in [5, 5.41) is 4.18. The molecule has 0 aliphatic carbocycles. The summed E-state index contributed by atoms with van der Waals surface area (Å²) in [4.78, 5) is 20.5. The highest BCUT2D eigenvalue weighted by atomic mass is 32.2. The molecular formula is C15H12N2O3S3. The molecule has 0 saturated heterocycles. The molecule has 2 aliphatic heterocycles. The van der Waals surface area contributed by atoms with E-state index in [4.69, 9.17) is 9.47 Å². The molecule has 0 bridgehead atoms. The van der Waals surface area contributed by atoms with E-state index in [1.54, 1.807) is 22.7 Å². The molecule has 5 nitrogen and oxygen atoms in total. The molecule has 0 unspecified atom stereocenters. The Morgan fingerprint density at radius 2 is 1.87 bits per heavy atom. The molecule has 0 radical (unpaired) electrons. The van der Waals surface area contributed by atoms with Crippen LogP contribution in [0.2, 0.25) is 0 Å². The summed E-state index contributed by atoms with van der Waals surface area (Å²) in [6.45, 7) is 1.14. The van der Waals surface area contributed by atoms with E-state index in [9.17, 15) is 4.79 Å². The molecule has 3 aromatic heterocycles. The Balaban J connectivity index is 1.75. The van der Waals surface area contributed by atoms with E-state index in [1.165, 1.54) is 10.5 Å². The highest BCUT2D eigenvalue weighted by Gasteiger charge is 2.29. The first kappa shape index (κ1) is 13.8. The Hall–Kier alpha value is -1.64. The summed E-state index contributed by atoms with van der Waals surface area (Å²) in [7, 11) is 0. The number of aromatic nitrogens is 2. The number of rotatable bonds is 2. The maximum absolute atomic E-state index is 11.6. The lowest BCUT2D eigenvalue weighted by atomic mass is 10.1. The number of imidazole rings is 1. The third-order valence-corrected chi connectivity index (χ3v) is 7.15. The number of thioether (sulfide) groups is 1. The molecule has 0 saturated carbocycles. The zero-order chi connectivity index (χ0) is 15.4. The van der Waals surface area contributed by atoms with Gasteiger partial charge in [-0.1, -0.05) is 0 Å². The Labute approximate surface area is 143 Å². The van der Waals surface area contributed by atoms with Crippen molar-refractivity contribution in [3.8, 4) is 21.3 Å². The fourth-order valence-corrected chi connectivity index (χ4v) is 6.18. The normalized spacial score (nSPS) is 17.0. The Bertz CT molecular complexity index is 992. The van der Waals surface area contributed by atoms with Crippen LogP contribution >= 0.6 is 34.4 Å². The molecule has 3 aromatic rings. The predicted molar refractivity (Wildman–Crippen MR) is 96.2 cm³/mol. The summed E-state index contributed by atoms with van der Waals surface area (Å²) >= 11 is 5.14. The number of nitrogens with one attached hydrogen (secondary N) is 2. The lowest BCUT2D eigenvalue weighted by Gasteiger charge is -2.17. The van der Waals surface area contributed by atoms with E-state index in [1.807, 2.05) is 17.1 Å².